The quantitative estimate of drug-likeness (QED) is 0.790. The molecule has 0 aliphatic rings. The minimum atomic E-state index is -0.0762. The molecular formula is C14H16FNS. The Kier molecular flexibility index (Phi) is 3.57. The lowest BCUT2D eigenvalue weighted by Crippen LogP contribution is -1.89. The SMILES string of the molecule is Cc1ccnc(Cc2cc(F)c(C(C)C)s2)c1. The van der Waals surface area contributed by atoms with Crippen molar-refractivity contribution in [3.63, 3.8) is 0 Å². The number of hydrogen-bond donors (Lipinski definition) is 0. The van der Waals surface area contributed by atoms with E-state index in [0.717, 1.165) is 21.9 Å². The molecule has 0 unspecified atom stereocenters. The van der Waals surface area contributed by atoms with Crippen LogP contribution in [0.2, 0.25) is 0 Å². The topological polar surface area (TPSA) is 12.9 Å². The van der Waals surface area contributed by atoms with Gasteiger partial charge in [0.1, 0.15) is 5.82 Å². The van der Waals surface area contributed by atoms with Gasteiger partial charge in [0.05, 0.1) is 0 Å². The number of pyridine rings is 1. The fourth-order valence-electron chi connectivity index (χ4n) is 1.79. The second-order valence-corrected chi connectivity index (χ2v) is 5.75. The number of rotatable bonds is 3. The number of aromatic nitrogens is 1. The lowest BCUT2D eigenvalue weighted by Gasteiger charge is -2.00. The van der Waals surface area contributed by atoms with Gasteiger partial charge in [-0.1, -0.05) is 13.8 Å². The zero-order valence-electron chi connectivity index (χ0n) is 10.3. The average Bonchev–Trinajstić information content (AvgIpc) is 2.59. The van der Waals surface area contributed by atoms with Crippen molar-refractivity contribution < 1.29 is 4.39 Å². The molecule has 0 aromatic carbocycles. The molecular weight excluding hydrogens is 233 g/mol. The molecule has 2 aromatic heterocycles. The lowest BCUT2D eigenvalue weighted by molar-refractivity contribution is 0.608. The standard InChI is InChI=1S/C14H16FNS/c1-9(2)14-13(15)8-12(17-14)7-11-6-10(3)4-5-16-11/h4-6,8-9H,7H2,1-3H3. The van der Waals surface area contributed by atoms with Gasteiger partial charge in [-0.2, -0.15) is 0 Å². The lowest BCUT2D eigenvalue weighted by atomic mass is 10.1. The van der Waals surface area contributed by atoms with Crippen molar-refractivity contribution >= 4 is 11.3 Å². The van der Waals surface area contributed by atoms with Crippen LogP contribution in [-0.2, 0) is 6.42 Å². The van der Waals surface area contributed by atoms with Gasteiger partial charge in [0.2, 0.25) is 0 Å². The summed E-state index contributed by atoms with van der Waals surface area (Å²) in [6, 6.07) is 5.66. The highest BCUT2D eigenvalue weighted by Crippen LogP contribution is 2.29. The molecule has 0 bridgehead atoms. The predicted octanol–water partition coefficient (Wildman–Crippen LogP) is 4.30. The van der Waals surface area contributed by atoms with Crippen molar-refractivity contribution in [1.82, 2.24) is 4.98 Å². The molecule has 0 atom stereocenters. The Hall–Kier alpha value is -1.22. The Bertz CT molecular complexity index is 517. The van der Waals surface area contributed by atoms with Crippen LogP contribution >= 0.6 is 11.3 Å². The first kappa shape index (κ1) is 12.2. The van der Waals surface area contributed by atoms with E-state index in [0.29, 0.717) is 0 Å². The van der Waals surface area contributed by atoms with E-state index in [2.05, 4.69) is 4.98 Å². The molecule has 90 valence electrons. The maximum atomic E-state index is 13.6. The molecule has 0 N–H and O–H groups in total. The highest BCUT2D eigenvalue weighted by molar-refractivity contribution is 7.12. The predicted molar refractivity (Wildman–Crippen MR) is 70.1 cm³/mol. The van der Waals surface area contributed by atoms with Crippen LogP contribution in [0.1, 0.15) is 40.8 Å². The molecule has 0 amide bonds. The molecule has 0 radical (unpaired) electrons. The third-order valence-electron chi connectivity index (χ3n) is 2.62. The Labute approximate surface area is 105 Å². The van der Waals surface area contributed by atoms with Gasteiger partial charge in [-0.25, -0.2) is 4.39 Å². The zero-order valence-corrected chi connectivity index (χ0v) is 11.1. The van der Waals surface area contributed by atoms with Crippen LogP contribution in [-0.4, -0.2) is 4.98 Å². The molecule has 0 spiro atoms. The van der Waals surface area contributed by atoms with Crippen molar-refractivity contribution in [2.75, 3.05) is 0 Å². The van der Waals surface area contributed by atoms with Crippen molar-refractivity contribution in [2.45, 2.75) is 33.1 Å². The fourth-order valence-corrected chi connectivity index (χ4v) is 2.84. The minimum Gasteiger partial charge on any atom is -0.261 e. The van der Waals surface area contributed by atoms with E-state index in [4.69, 9.17) is 0 Å². The molecule has 0 aliphatic heterocycles. The highest BCUT2D eigenvalue weighted by atomic mass is 32.1. The van der Waals surface area contributed by atoms with Crippen LogP contribution in [0.15, 0.2) is 24.4 Å². The van der Waals surface area contributed by atoms with Crippen LogP contribution in [0.3, 0.4) is 0 Å². The summed E-state index contributed by atoms with van der Waals surface area (Å²) in [7, 11) is 0. The highest BCUT2D eigenvalue weighted by Gasteiger charge is 2.12. The maximum Gasteiger partial charge on any atom is 0.137 e. The van der Waals surface area contributed by atoms with Crippen LogP contribution < -0.4 is 0 Å². The van der Waals surface area contributed by atoms with Crippen LogP contribution in [0, 0.1) is 12.7 Å². The molecule has 0 saturated heterocycles. The molecule has 3 heteroatoms. The van der Waals surface area contributed by atoms with Crippen LogP contribution in [0.5, 0.6) is 0 Å². The number of halogens is 1. The van der Waals surface area contributed by atoms with Gasteiger partial charge in [0.15, 0.2) is 0 Å². The summed E-state index contributed by atoms with van der Waals surface area (Å²) in [6.07, 6.45) is 2.52. The molecule has 0 aliphatic carbocycles. The Morgan fingerprint density at radius 1 is 1.35 bits per heavy atom. The third-order valence-corrected chi connectivity index (χ3v) is 4.03. The molecule has 2 heterocycles. The third kappa shape index (κ3) is 2.91. The second kappa shape index (κ2) is 4.96. The fraction of sp³-hybridized carbons (Fsp3) is 0.357. The number of hydrogen-bond acceptors (Lipinski definition) is 2. The van der Waals surface area contributed by atoms with Gasteiger partial charge in [0, 0.05) is 28.1 Å². The van der Waals surface area contributed by atoms with Gasteiger partial charge >= 0.3 is 0 Å². The Balaban J connectivity index is 2.22. The van der Waals surface area contributed by atoms with Gasteiger partial charge in [-0.3, -0.25) is 4.98 Å². The largest absolute Gasteiger partial charge is 0.261 e. The van der Waals surface area contributed by atoms with Gasteiger partial charge in [0.25, 0.3) is 0 Å². The number of thiophene rings is 1. The van der Waals surface area contributed by atoms with E-state index in [1.54, 1.807) is 23.6 Å². The van der Waals surface area contributed by atoms with E-state index in [-0.39, 0.29) is 11.7 Å². The molecule has 2 aromatic rings. The van der Waals surface area contributed by atoms with E-state index in [1.165, 1.54) is 5.56 Å². The summed E-state index contributed by atoms with van der Waals surface area (Å²) < 4.78 is 13.6. The Morgan fingerprint density at radius 2 is 2.12 bits per heavy atom. The van der Waals surface area contributed by atoms with E-state index >= 15 is 0 Å². The maximum absolute atomic E-state index is 13.6. The number of nitrogens with zero attached hydrogens (tertiary/aromatic N) is 1. The van der Waals surface area contributed by atoms with Gasteiger partial charge in [-0.05, 0) is 36.6 Å². The molecule has 0 fully saturated rings. The second-order valence-electron chi connectivity index (χ2n) is 4.58. The van der Waals surface area contributed by atoms with E-state index < -0.39 is 0 Å². The van der Waals surface area contributed by atoms with Crippen molar-refractivity contribution in [1.29, 1.82) is 0 Å². The normalized spacial score (nSPS) is 11.1. The smallest absolute Gasteiger partial charge is 0.137 e. The summed E-state index contributed by atoms with van der Waals surface area (Å²) in [5.41, 5.74) is 2.19. The minimum absolute atomic E-state index is 0.0762. The molecule has 17 heavy (non-hydrogen) atoms. The van der Waals surface area contributed by atoms with Crippen molar-refractivity contribution in [2.24, 2.45) is 0 Å². The number of aryl methyl sites for hydroxylation is 1. The summed E-state index contributed by atoms with van der Waals surface area (Å²) in [6.45, 7) is 6.08. The summed E-state index contributed by atoms with van der Waals surface area (Å²) in [4.78, 5) is 6.19. The summed E-state index contributed by atoms with van der Waals surface area (Å²) in [5, 5.41) is 0. The monoisotopic (exact) mass is 249 g/mol. The zero-order chi connectivity index (χ0) is 12.4. The van der Waals surface area contributed by atoms with Gasteiger partial charge in [-0.15, -0.1) is 11.3 Å². The average molecular weight is 249 g/mol. The Morgan fingerprint density at radius 3 is 2.71 bits per heavy atom. The first-order valence-corrected chi connectivity index (χ1v) is 6.57. The summed E-state index contributed by atoms with van der Waals surface area (Å²) >= 11 is 1.55. The first-order valence-electron chi connectivity index (χ1n) is 5.76. The first-order chi connectivity index (χ1) is 8.06. The van der Waals surface area contributed by atoms with E-state index in [1.807, 2.05) is 32.9 Å². The van der Waals surface area contributed by atoms with Crippen molar-refractivity contribution in [3.8, 4) is 0 Å². The van der Waals surface area contributed by atoms with Crippen LogP contribution in [0.4, 0.5) is 4.39 Å². The van der Waals surface area contributed by atoms with Crippen LogP contribution in [0.25, 0.3) is 0 Å². The van der Waals surface area contributed by atoms with Crippen molar-refractivity contribution in [3.05, 3.63) is 51.2 Å². The molecule has 0 saturated carbocycles. The van der Waals surface area contributed by atoms with E-state index in [9.17, 15) is 4.39 Å². The van der Waals surface area contributed by atoms with Gasteiger partial charge < -0.3 is 0 Å². The molecule has 1 nitrogen and oxygen atoms in total. The summed E-state index contributed by atoms with van der Waals surface area (Å²) in [5.74, 6) is 0.173. The molecule has 2 rings (SSSR count).